The Morgan fingerprint density at radius 1 is 1.60 bits per heavy atom. The highest BCUT2D eigenvalue weighted by atomic mass is 32.1. The van der Waals surface area contributed by atoms with Crippen LogP contribution in [0.15, 0.2) is 0 Å². The highest BCUT2D eigenvalue weighted by molar-refractivity contribution is 7.15. The van der Waals surface area contributed by atoms with Crippen molar-refractivity contribution in [2.45, 2.75) is 12.6 Å². The molecule has 0 saturated carbocycles. The third-order valence-corrected chi connectivity index (χ3v) is 2.31. The van der Waals surface area contributed by atoms with Gasteiger partial charge in [-0.25, -0.2) is 9.78 Å². The van der Waals surface area contributed by atoms with Gasteiger partial charge in [0.25, 0.3) is 0 Å². The molecule has 0 aliphatic rings. The molecule has 15 heavy (non-hydrogen) atoms. The number of anilines is 1. The van der Waals surface area contributed by atoms with Gasteiger partial charge in [-0.1, -0.05) is 0 Å². The molecule has 0 saturated heterocycles. The topological polar surface area (TPSA) is 65.2 Å². The van der Waals surface area contributed by atoms with E-state index >= 15 is 0 Å². The second-order valence-corrected chi connectivity index (χ2v) is 3.72. The lowest BCUT2D eigenvalue weighted by Crippen LogP contribution is -2.11. The van der Waals surface area contributed by atoms with E-state index in [0.717, 1.165) is 7.11 Å². The predicted octanol–water partition coefficient (Wildman–Crippen LogP) is 1.62. The molecule has 4 nitrogen and oxygen atoms in total. The van der Waals surface area contributed by atoms with E-state index in [1.165, 1.54) is 0 Å². The van der Waals surface area contributed by atoms with Crippen LogP contribution >= 0.6 is 11.3 Å². The highest BCUT2D eigenvalue weighted by Gasteiger charge is 2.30. The Kier molecular flexibility index (Phi) is 3.18. The minimum absolute atomic E-state index is 0.0684. The Labute approximate surface area is 86.9 Å². The minimum atomic E-state index is -4.36. The van der Waals surface area contributed by atoms with Gasteiger partial charge in [-0.3, -0.25) is 0 Å². The van der Waals surface area contributed by atoms with Gasteiger partial charge in [0, 0.05) is 0 Å². The number of rotatable bonds is 2. The van der Waals surface area contributed by atoms with Gasteiger partial charge >= 0.3 is 12.1 Å². The lowest BCUT2D eigenvalue weighted by Gasteiger charge is -2.01. The second-order valence-electron chi connectivity index (χ2n) is 2.60. The fourth-order valence-electron chi connectivity index (χ4n) is 0.868. The number of hydrogen-bond donors (Lipinski definition) is 1. The molecule has 0 amide bonds. The van der Waals surface area contributed by atoms with E-state index in [0.29, 0.717) is 11.3 Å². The summed E-state index contributed by atoms with van der Waals surface area (Å²) in [6.07, 6.45) is -5.56. The summed E-state index contributed by atoms with van der Waals surface area (Å²) in [5.41, 5.74) is 5.06. The lowest BCUT2D eigenvalue weighted by atomic mass is 10.4. The number of alkyl halides is 3. The fourth-order valence-corrected chi connectivity index (χ4v) is 1.72. The SMILES string of the molecule is COC(=O)c1nc(CC(F)(F)F)sc1N. The van der Waals surface area contributed by atoms with Crippen molar-refractivity contribution in [1.82, 2.24) is 4.98 Å². The summed E-state index contributed by atoms with van der Waals surface area (Å²) in [4.78, 5) is 14.4. The summed E-state index contributed by atoms with van der Waals surface area (Å²) in [6, 6.07) is 0. The Morgan fingerprint density at radius 3 is 2.67 bits per heavy atom. The van der Waals surface area contributed by atoms with Gasteiger partial charge in [0.1, 0.15) is 10.0 Å². The van der Waals surface area contributed by atoms with E-state index in [9.17, 15) is 18.0 Å². The van der Waals surface area contributed by atoms with Crippen molar-refractivity contribution in [1.29, 1.82) is 0 Å². The summed E-state index contributed by atoms with van der Waals surface area (Å²) in [5, 5.41) is -0.318. The van der Waals surface area contributed by atoms with E-state index in [4.69, 9.17) is 5.73 Å². The molecular weight excluding hydrogens is 233 g/mol. The van der Waals surface area contributed by atoms with Crippen LogP contribution in [0.1, 0.15) is 15.5 Å². The fraction of sp³-hybridized carbons (Fsp3) is 0.429. The summed E-state index contributed by atoms with van der Waals surface area (Å²) in [7, 11) is 1.10. The van der Waals surface area contributed by atoms with Crippen molar-refractivity contribution in [2.24, 2.45) is 0 Å². The maximum absolute atomic E-state index is 12.0. The van der Waals surface area contributed by atoms with Crippen molar-refractivity contribution in [3.8, 4) is 0 Å². The molecule has 0 spiro atoms. The maximum atomic E-state index is 12.0. The number of esters is 1. The number of hydrogen-bond acceptors (Lipinski definition) is 5. The van der Waals surface area contributed by atoms with Crippen molar-refractivity contribution in [3.63, 3.8) is 0 Å². The van der Waals surface area contributed by atoms with Gasteiger partial charge in [-0.05, 0) is 0 Å². The average Bonchev–Trinajstić information content (AvgIpc) is 2.42. The number of ether oxygens (including phenoxy) is 1. The number of thiazole rings is 1. The molecule has 1 rings (SSSR count). The van der Waals surface area contributed by atoms with Crippen LogP contribution in [0.3, 0.4) is 0 Å². The number of carbonyl (C=O) groups excluding carboxylic acids is 1. The van der Waals surface area contributed by atoms with Crippen LogP contribution in [0.4, 0.5) is 18.2 Å². The number of nitrogens with two attached hydrogens (primary N) is 1. The van der Waals surface area contributed by atoms with Crippen LogP contribution in [-0.4, -0.2) is 24.2 Å². The van der Waals surface area contributed by atoms with E-state index in [1.807, 2.05) is 0 Å². The normalized spacial score (nSPS) is 11.5. The van der Waals surface area contributed by atoms with Crippen molar-refractivity contribution in [2.75, 3.05) is 12.8 Å². The molecule has 1 heterocycles. The monoisotopic (exact) mass is 240 g/mol. The van der Waals surface area contributed by atoms with E-state index in [-0.39, 0.29) is 15.7 Å². The van der Waals surface area contributed by atoms with Crippen LogP contribution in [-0.2, 0) is 11.2 Å². The Hall–Kier alpha value is -1.31. The Bertz CT molecular complexity index is 375. The smallest absolute Gasteiger partial charge is 0.395 e. The number of methoxy groups -OCH3 is 1. The highest BCUT2D eigenvalue weighted by Crippen LogP contribution is 2.28. The van der Waals surface area contributed by atoms with Crippen LogP contribution in [0.2, 0.25) is 0 Å². The van der Waals surface area contributed by atoms with Crippen LogP contribution < -0.4 is 5.73 Å². The Balaban J connectivity index is 2.91. The molecule has 0 radical (unpaired) electrons. The number of nitrogens with zero attached hydrogens (tertiary/aromatic N) is 1. The zero-order valence-corrected chi connectivity index (χ0v) is 8.41. The number of nitrogen functional groups attached to an aromatic ring is 1. The largest absolute Gasteiger partial charge is 0.464 e. The Morgan fingerprint density at radius 2 is 2.20 bits per heavy atom. The summed E-state index contributed by atoms with van der Waals surface area (Å²) >= 11 is 0.631. The number of halogens is 3. The first-order valence-corrected chi connectivity index (χ1v) is 4.55. The van der Waals surface area contributed by atoms with Gasteiger partial charge in [0.05, 0.1) is 13.5 Å². The van der Waals surface area contributed by atoms with Crippen LogP contribution in [0.5, 0.6) is 0 Å². The molecule has 1 aromatic rings. The first kappa shape index (κ1) is 11.8. The van der Waals surface area contributed by atoms with Gasteiger partial charge < -0.3 is 10.5 Å². The van der Waals surface area contributed by atoms with Crippen molar-refractivity contribution < 1.29 is 22.7 Å². The quantitative estimate of drug-likeness (QED) is 0.798. The summed E-state index contributed by atoms with van der Waals surface area (Å²) < 4.78 is 40.2. The molecule has 2 N–H and O–H groups in total. The standard InChI is InChI=1S/C7H7F3N2O2S/c1-14-6(13)4-5(11)15-3(12-4)2-7(8,9)10/h2,11H2,1H3. The molecule has 0 aromatic carbocycles. The van der Waals surface area contributed by atoms with E-state index in [2.05, 4.69) is 9.72 Å². The average molecular weight is 240 g/mol. The third-order valence-electron chi connectivity index (χ3n) is 1.43. The molecule has 0 unspecified atom stereocenters. The molecule has 8 heteroatoms. The molecule has 0 atom stereocenters. The van der Waals surface area contributed by atoms with Gasteiger partial charge in [-0.15, -0.1) is 11.3 Å². The zero-order chi connectivity index (χ0) is 11.6. The predicted molar refractivity (Wildman–Crippen MR) is 47.6 cm³/mol. The van der Waals surface area contributed by atoms with Crippen molar-refractivity contribution >= 4 is 22.3 Å². The zero-order valence-electron chi connectivity index (χ0n) is 7.59. The molecule has 0 bridgehead atoms. The van der Waals surface area contributed by atoms with Gasteiger partial charge in [0.2, 0.25) is 0 Å². The molecule has 0 aliphatic heterocycles. The number of carbonyl (C=O) groups is 1. The lowest BCUT2D eigenvalue weighted by molar-refractivity contribution is -0.127. The first-order valence-electron chi connectivity index (χ1n) is 3.73. The van der Waals surface area contributed by atoms with Gasteiger partial charge in [0.15, 0.2) is 5.69 Å². The first-order chi connectivity index (χ1) is 6.83. The van der Waals surface area contributed by atoms with E-state index in [1.54, 1.807) is 0 Å². The summed E-state index contributed by atoms with van der Waals surface area (Å²) in [6.45, 7) is 0. The van der Waals surface area contributed by atoms with Gasteiger partial charge in [-0.2, -0.15) is 13.2 Å². The molecule has 0 fully saturated rings. The number of aromatic nitrogens is 1. The molecule has 0 aliphatic carbocycles. The maximum Gasteiger partial charge on any atom is 0.395 e. The molecule has 84 valence electrons. The summed E-state index contributed by atoms with van der Waals surface area (Å²) in [5.74, 6) is -0.836. The van der Waals surface area contributed by atoms with Crippen LogP contribution in [0.25, 0.3) is 0 Å². The third kappa shape index (κ3) is 3.08. The van der Waals surface area contributed by atoms with E-state index < -0.39 is 18.6 Å². The second kappa shape index (κ2) is 4.05. The minimum Gasteiger partial charge on any atom is -0.464 e. The molecule has 1 aromatic heterocycles. The van der Waals surface area contributed by atoms with Crippen molar-refractivity contribution in [3.05, 3.63) is 10.7 Å². The molecular formula is C7H7F3N2O2S. The van der Waals surface area contributed by atoms with Crippen LogP contribution in [0, 0.1) is 0 Å².